The zero-order valence-corrected chi connectivity index (χ0v) is 16.5. The minimum absolute atomic E-state index is 0. The van der Waals surface area contributed by atoms with Crippen LogP contribution in [0.25, 0.3) is 0 Å². The van der Waals surface area contributed by atoms with Gasteiger partial charge in [-0.1, -0.05) is 0 Å². The summed E-state index contributed by atoms with van der Waals surface area (Å²) >= 11 is 0. The minimum atomic E-state index is -5.17. The van der Waals surface area contributed by atoms with Gasteiger partial charge in [-0.05, 0) is 0 Å². The van der Waals surface area contributed by atoms with Gasteiger partial charge in [-0.3, -0.25) is 25.3 Å². The maximum atomic E-state index is 8.52. The number of hydrogen-bond acceptors (Lipinski definition) is 12. The molecule has 0 amide bonds. The van der Waals surface area contributed by atoms with Crippen LogP contribution in [0, 0.1) is 93.8 Å². The van der Waals surface area contributed by atoms with Crippen molar-refractivity contribution in [2.24, 2.45) is 0 Å². The smallest absolute Gasteiger partial charge is 0.759 e. The average Bonchev–Trinajstić information content (AvgIpc) is 1.41. The van der Waals surface area contributed by atoms with Crippen molar-refractivity contribution in [1.82, 2.24) is 0 Å². The van der Waals surface area contributed by atoms with Crippen molar-refractivity contribution >= 4 is 31.2 Å². The van der Waals surface area contributed by atoms with Gasteiger partial charge in [0.15, 0.2) is 0 Å². The van der Waals surface area contributed by atoms with E-state index in [4.69, 9.17) is 52.6 Å². The molecular formula is H16O20S3Yb2. The van der Waals surface area contributed by atoms with Crippen molar-refractivity contribution in [2.75, 3.05) is 0 Å². The van der Waals surface area contributed by atoms with Crippen molar-refractivity contribution in [1.29, 1.82) is 0 Å². The van der Waals surface area contributed by atoms with Crippen LogP contribution in [-0.4, -0.2) is 96.4 Å². The molecule has 0 aromatic heterocycles. The van der Waals surface area contributed by atoms with E-state index in [0.29, 0.717) is 0 Å². The standard InChI is InChI=1S/3H2O4S.8H2O.2Yb/c3*1-5(2,3)4;;;;;;;;;;/h3*(H2,1,2,3,4);8*1H2;;/q;;;;;;;;;;;2*+3/p-6. The third-order valence-corrected chi connectivity index (χ3v) is 0. The molecule has 0 saturated heterocycles. The molecule has 0 aromatic carbocycles. The van der Waals surface area contributed by atoms with Crippen LogP contribution >= 0.6 is 0 Å². The summed E-state index contributed by atoms with van der Waals surface area (Å²) < 4.78 is 102. The number of rotatable bonds is 0. The molecule has 0 aliphatic heterocycles. The Balaban J connectivity index is -0.00000000655. The van der Waals surface area contributed by atoms with Gasteiger partial charge in [0.1, 0.15) is 0 Å². The van der Waals surface area contributed by atoms with Crippen LogP contribution in [0.1, 0.15) is 0 Å². The average molecular weight is 778 g/mol. The topological polar surface area (TPSA) is 493 Å². The van der Waals surface area contributed by atoms with Crippen molar-refractivity contribution in [3.8, 4) is 0 Å². The summed E-state index contributed by atoms with van der Waals surface area (Å²) in [6.07, 6.45) is 0. The van der Waals surface area contributed by atoms with E-state index in [1.807, 2.05) is 0 Å². The molecule has 0 unspecified atom stereocenters. The molecule has 0 heterocycles. The summed E-state index contributed by atoms with van der Waals surface area (Å²) in [5.74, 6) is 0. The molecule has 16 N–H and O–H groups in total. The van der Waals surface area contributed by atoms with Crippen LogP contribution in [0.5, 0.6) is 0 Å². The first-order valence-corrected chi connectivity index (χ1v) is 6.00. The summed E-state index contributed by atoms with van der Waals surface area (Å²) in [4.78, 5) is 0. The zero-order valence-electron chi connectivity index (χ0n) is 10.7. The zero-order chi connectivity index (χ0) is 13.5. The van der Waals surface area contributed by atoms with E-state index in [-0.39, 0.29) is 138 Å². The Morgan fingerprint density at radius 2 is 0.320 bits per heavy atom. The third-order valence-electron chi connectivity index (χ3n) is 0. The van der Waals surface area contributed by atoms with Crippen molar-refractivity contribution in [3.63, 3.8) is 0 Å². The van der Waals surface area contributed by atoms with Gasteiger partial charge in [0.05, 0.1) is 0 Å². The van der Waals surface area contributed by atoms with E-state index in [9.17, 15) is 0 Å². The second-order valence-corrected chi connectivity index (χ2v) is 3.67. The Bertz CT molecular complexity index is 344. The fourth-order valence-corrected chi connectivity index (χ4v) is 0. The molecule has 20 nitrogen and oxygen atoms in total. The largest absolute Gasteiger partial charge is 3.00 e. The van der Waals surface area contributed by atoms with Gasteiger partial charge in [0.25, 0.3) is 0 Å². The molecule has 25 heteroatoms. The molecule has 0 saturated carbocycles. The molecule has 182 valence electrons. The maximum absolute atomic E-state index is 8.52. The fraction of sp³-hybridized carbons (Fsp3) is 0. The van der Waals surface area contributed by atoms with Crippen molar-refractivity contribution in [2.45, 2.75) is 0 Å². The Kier molecular flexibility index (Phi) is 151. The Labute approximate surface area is 218 Å². The Morgan fingerprint density at radius 1 is 0.320 bits per heavy atom. The molecule has 0 spiro atoms. The number of hydrogen-bond donors (Lipinski definition) is 0. The van der Waals surface area contributed by atoms with Gasteiger partial charge in [-0.2, -0.15) is 0 Å². The summed E-state index contributed by atoms with van der Waals surface area (Å²) in [5, 5.41) is 0. The van der Waals surface area contributed by atoms with Crippen molar-refractivity contribution in [3.05, 3.63) is 0 Å². The van der Waals surface area contributed by atoms with E-state index in [0.717, 1.165) is 0 Å². The first kappa shape index (κ1) is 92.3. The molecule has 0 fully saturated rings. The summed E-state index contributed by atoms with van der Waals surface area (Å²) in [6, 6.07) is 0. The van der Waals surface area contributed by atoms with E-state index in [2.05, 4.69) is 0 Å². The van der Waals surface area contributed by atoms with Crippen LogP contribution < -0.4 is 0 Å². The van der Waals surface area contributed by atoms with Gasteiger partial charge in [-0.15, -0.1) is 0 Å². The molecule has 2 radical (unpaired) electrons. The monoisotopic (exact) mass is 780 g/mol. The molecular weight excluding hydrogens is 762 g/mol. The van der Waals surface area contributed by atoms with Gasteiger partial charge in [-0.25, -0.2) is 0 Å². The Morgan fingerprint density at radius 3 is 0.320 bits per heavy atom. The molecule has 0 bridgehead atoms. The van der Waals surface area contributed by atoms with Crippen LogP contribution in [0.2, 0.25) is 0 Å². The normalized spacial score (nSPS) is 6.96. The van der Waals surface area contributed by atoms with Gasteiger partial charge in [0, 0.05) is 31.2 Å². The molecule has 0 rings (SSSR count). The first-order chi connectivity index (χ1) is 6.00. The fourth-order valence-electron chi connectivity index (χ4n) is 0. The second-order valence-electron chi connectivity index (χ2n) is 1.22. The van der Waals surface area contributed by atoms with E-state index < -0.39 is 31.2 Å². The van der Waals surface area contributed by atoms with Crippen LogP contribution in [0.4, 0.5) is 0 Å². The predicted octanol–water partition coefficient (Wildman–Crippen LogP) is -10.6. The van der Waals surface area contributed by atoms with Crippen LogP contribution in [-0.2, 0) is 31.2 Å². The second kappa shape index (κ2) is 40.9. The van der Waals surface area contributed by atoms with Gasteiger partial charge >= 0.3 is 93.8 Å². The molecule has 0 aliphatic rings. The minimum Gasteiger partial charge on any atom is -0.759 e. The SMILES string of the molecule is O.O.O.O.O.O.O.O.O=S(=O)([O-])[O-].O=S(=O)([O-])[O-].O=S(=O)([O-])[O-].[Yb+3].[Yb+3]. The van der Waals surface area contributed by atoms with Crippen LogP contribution in [0.3, 0.4) is 0 Å². The van der Waals surface area contributed by atoms with E-state index in [1.54, 1.807) is 0 Å². The molecule has 25 heavy (non-hydrogen) atoms. The van der Waals surface area contributed by atoms with Gasteiger partial charge in [0.2, 0.25) is 0 Å². The van der Waals surface area contributed by atoms with Gasteiger partial charge < -0.3 is 71.1 Å². The van der Waals surface area contributed by atoms with Crippen molar-refractivity contribution < 1.29 is 190 Å². The summed E-state index contributed by atoms with van der Waals surface area (Å²) in [5.41, 5.74) is 0. The molecule has 0 atom stereocenters. The van der Waals surface area contributed by atoms with Crippen LogP contribution in [0.15, 0.2) is 0 Å². The summed E-state index contributed by atoms with van der Waals surface area (Å²) in [7, 11) is -15.5. The van der Waals surface area contributed by atoms with E-state index in [1.165, 1.54) is 0 Å². The molecule has 0 aliphatic carbocycles. The Hall–Kier alpha value is 2.33. The quantitative estimate of drug-likeness (QED) is 0.163. The third kappa shape index (κ3) is 2870. The van der Waals surface area contributed by atoms with E-state index >= 15 is 0 Å². The first-order valence-electron chi connectivity index (χ1n) is 2.00. The molecule has 0 aromatic rings. The predicted molar refractivity (Wildman–Crippen MR) is 60.3 cm³/mol. The summed E-state index contributed by atoms with van der Waals surface area (Å²) in [6.45, 7) is 0. The maximum Gasteiger partial charge on any atom is 3.00 e.